The van der Waals surface area contributed by atoms with E-state index >= 15 is 0 Å². The number of rotatable bonds is 5. The molecule has 0 radical (unpaired) electrons. The summed E-state index contributed by atoms with van der Waals surface area (Å²) in [6, 6.07) is 0. The lowest BCUT2D eigenvalue weighted by molar-refractivity contribution is 0.254. The molecular formula is C15H24O. The van der Waals surface area contributed by atoms with Crippen molar-refractivity contribution in [3.8, 4) is 0 Å². The minimum atomic E-state index is -0.619. The molecule has 0 fully saturated rings. The van der Waals surface area contributed by atoms with Crippen LogP contribution >= 0.6 is 0 Å². The van der Waals surface area contributed by atoms with E-state index in [1.165, 1.54) is 0 Å². The largest absolute Gasteiger partial charge is 0.384 e. The quantitative estimate of drug-likeness (QED) is 0.689. The lowest BCUT2D eigenvalue weighted by atomic mass is 10.0. The SMILES string of the molecule is C=C/C=C(\C=C)C(O)C(/C=C\C)=C/C.CC. The molecule has 0 rings (SSSR count). The molecule has 0 aliphatic rings. The zero-order valence-electron chi connectivity index (χ0n) is 10.9. The second-order valence-electron chi connectivity index (χ2n) is 2.80. The van der Waals surface area contributed by atoms with Crippen molar-refractivity contribution < 1.29 is 5.11 Å². The first-order valence-electron chi connectivity index (χ1n) is 5.63. The van der Waals surface area contributed by atoms with Crippen LogP contribution in [0.15, 0.2) is 60.8 Å². The Morgan fingerprint density at radius 1 is 1.12 bits per heavy atom. The molecule has 1 nitrogen and oxygen atoms in total. The summed E-state index contributed by atoms with van der Waals surface area (Å²) in [5.41, 5.74) is 1.62. The first kappa shape index (κ1) is 17.1. The van der Waals surface area contributed by atoms with Crippen molar-refractivity contribution in [1.29, 1.82) is 0 Å². The lowest BCUT2D eigenvalue weighted by Gasteiger charge is -2.12. The fraction of sp³-hybridized carbons (Fsp3) is 0.333. The van der Waals surface area contributed by atoms with E-state index in [9.17, 15) is 5.11 Å². The van der Waals surface area contributed by atoms with Gasteiger partial charge in [-0.1, -0.05) is 63.5 Å². The fourth-order valence-corrected chi connectivity index (χ4v) is 1.14. The Bertz CT molecular complexity index is 280. The van der Waals surface area contributed by atoms with E-state index in [-0.39, 0.29) is 0 Å². The minimum absolute atomic E-state index is 0.619. The third-order valence-corrected chi connectivity index (χ3v) is 1.87. The maximum absolute atomic E-state index is 9.92. The zero-order valence-corrected chi connectivity index (χ0v) is 10.9. The Balaban J connectivity index is 0. The second kappa shape index (κ2) is 11.7. The molecule has 0 saturated carbocycles. The predicted molar refractivity (Wildman–Crippen MR) is 74.4 cm³/mol. The molecule has 1 heteroatoms. The van der Waals surface area contributed by atoms with E-state index in [1.807, 2.05) is 45.9 Å². The molecule has 0 aromatic rings. The van der Waals surface area contributed by atoms with Gasteiger partial charge in [-0.05, 0) is 25.0 Å². The standard InChI is InChI=1S/C13H18O.C2H6/c1-5-9-11(7-3)13(14)12(8-4)10-6-2;1-2/h5-10,13-14H,1,3H2,2,4H3;1-2H3/b10-6-,11-9+,12-8+;. The highest BCUT2D eigenvalue weighted by molar-refractivity contribution is 5.37. The van der Waals surface area contributed by atoms with Gasteiger partial charge < -0.3 is 5.11 Å². The van der Waals surface area contributed by atoms with Gasteiger partial charge in [0.25, 0.3) is 0 Å². The number of aliphatic hydroxyl groups excluding tert-OH is 1. The van der Waals surface area contributed by atoms with Crippen LogP contribution in [0.2, 0.25) is 0 Å². The summed E-state index contributed by atoms with van der Waals surface area (Å²) in [5.74, 6) is 0. The van der Waals surface area contributed by atoms with Crippen LogP contribution in [0.25, 0.3) is 0 Å². The van der Waals surface area contributed by atoms with Crippen LogP contribution in [0.1, 0.15) is 27.7 Å². The molecule has 0 amide bonds. The van der Waals surface area contributed by atoms with Gasteiger partial charge in [-0.25, -0.2) is 0 Å². The Kier molecular flexibility index (Phi) is 12.5. The van der Waals surface area contributed by atoms with E-state index in [4.69, 9.17) is 0 Å². The second-order valence-corrected chi connectivity index (χ2v) is 2.80. The van der Waals surface area contributed by atoms with Crippen molar-refractivity contribution in [1.82, 2.24) is 0 Å². The van der Waals surface area contributed by atoms with Gasteiger partial charge in [-0.2, -0.15) is 0 Å². The monoisotopic (exact) mass is 220 g/mol. The lowest BCUT2D eigenvalue weighted by Crippen LogP contribution is -2.10. The molecule has 0 aliphatic heterocycles. The summed E-state index contributed by atoms with van der Waals surface area (Å²) >= 11 is 0. The van der Waals surface area contributed by atoms with E-state index in [0.717, 1.165) is 11.1 Å². The average Bonchev–Trinajstić information content (AvgIpc) is 2.34. The van der Waals surface area contributed by atoms with Gasteiger partial charge in [0, 0.05) is 0 Å². The summed E-state index contributed by atoms with van der Waals surface area (Å²) in [4.78, 5) is 0. The Labute approximate surface area is 100 Å². The highest BCUT2D eigenvalue weighted by Gasteiger charge is 2.09. The smallest absolute Gasteiger partial charge is 0.104 e. The molecule has 1 N–H and O–H groups in total. The molecule has 16 heavy (non-hydrogen) atoms. The molecule has 1 atom stereocenters. The van der Waals surface area contributed by atoms with Gasteiger partial charge in [0.1, 0.15) is 6.10 Å². The van der Waals surface area contributed by atoms with Gasteiger partial charge in [0.2, 0.25) is 0 Å². The van der Waals surface area contributed by atoms with Crippen LogP contribution in [0.4, 0.5) is 0 Å². The van der Waals surface area contributed by atoms with Crippen molar-refractivity contribution in [2.75, 3.05) is 0 Å². The van der Waals surface area contributed by atoms with Crippen LogP contribution < -0.4 is 0 Å². The minimum Gasteiger partial charge on any atom is -0.384 e. The molecule has 0 spiro atoms. The van der Waals surface area contributed by atoms with E-state index in [1.54, 1.807) is 18.2 Å². The molecule has 0 saturated heterocycles. The highest BCUT2D eigenvalue weighted by Crippen LogP contribution is 2.14. The Morgan fingerprint density at radius 3 is 2.00 bits per heavy atom. The van der Waals surface area contributed by atoms with Crippen LogP contribution in [0.3, 0.4) is 0 Å². The van der Waals surface area contributed by atoms with Crippen LogP contribution in [0, 0.1) is 0 Å². The van der Waals surface area contributed by atoms with Crippen LogP contribution in [0.5, 0.6) is 0 Å². The van der Waals surface area contributed by atoms with Gasteiger partial charge in [0.15, 0.2) is 0 Å². The fourth-order valence-electron chi connectivity index (χ4n) is 1.14. The van der Waals surface area contributed by atoms with Crippen LogP contribution in [-0.4, -0.2) is 11.2 Å². The molecule has 90 valence electrons. The Morgan fingerprint density at radius 2 is 1.69 bits per heavy atom. The molecule has 0 aromatic carbocycles. The summed E-state index contributed by atoms with van der Waals surface area (Å²) in [7, 11) is 0. The van der Waals surface area contributed by atoms with Crippen molar-refractivity contribution in [3.05, 3.63) is 60.8 Å². The maximum Gasteiger partial charge on any atom is 0.104 e. The van der Waals surface area contributed by atoms with Gasteiger partial charge in [-0.15, -0.1) is 0 Å². The summed E-state index contributed by atoms with van der Waals surface area (Å²) in [6.07, 6.45) is 10.1. The van der Waals surface area contributed by atoms with Crippen LogP contribution in [-0.2, 0) is 0 Å². The zero-order chi connectivity index (χ0) is 13.0. The highest BCUT2D eigenvalue weighted by atomic mass is 16.3. The first-order valence-corrected chi connectivity index (χ1v) is 5.63. The van der Waals surface area contributed by atoms with E-state index in [0.29, 0.717) is 0 Å². The van der Waals surface area contributed by atoms with E-state index in [2.05, 4.69) is 13.2 Å². The van der Waals surface area contributed by atoms with Crippen molar-refractivity contribution >= 4 is 0 Å². The molecule has 0 bridgehead atoms. The number of hydrogen-bond donors (Lipinski definition) is 1. The van der Waals surface area contributed by atoms with E-state index < -0.39 is 6.10 Å². The van der Waals surface area contributed by atoms with Gasteiger partial charge in [-0.3, -0.25) is 0 Å². The first-order chi connectivity index (χ1) is 7.71. The van der Waals surface area contributed by atoms with Crippen molar-refractivity contribution in [3.63, 3.8) is 0 Å². The summed E-state index contributed by atoms with van der Waals surface area (Å²) < 4.78 is 0. The summed E-state index contributed by atoms with van der Waals surface area (Å²) in [6.45, 7) is 15.1. The topological polar surface area (TPSA) is 20.2 Å². The van der Waals surface area contributed by atoms with Gasteiger partial charge in [0.05, 0.1) is 0 Å². The molecule has 0 aliphatic carbocycles. The molecule has 1 unspecified atom stereocenters. The molecular weight excluding hydrogens is 196 g/mol. The van der Waals surface area contributed by atoms with Gasteiger partial charge >= 0.3 is 0 Å². The number of aliphatic hydroxyl groups is 1. The number of allylic oxidation sites excluding steroid dienone is 4. The van der Waals surface area contributed by atoms with Crippen molar-refractivity contribution in [2.24, 2.45) is 0 Å². The third kappa shape index (κ3) is 6.20. The number of hydrogen-bond acceptors (Lipinski definition) is 1. The Hall–Kier alpha value is -1.34. The maximum atomic E-state index is 9.92. The third-order valence-electron chi connectivity index (χ3n) is 1.87. The predicted octanol–water partition coefficient (Wildman–Crippen LogP) is 4.19. The average molecular weight is 220 g/mol. The molecule has 0 heterocycles. The summed E-state index contributed by atoms with van der Waals surface area (Å²) in [5, 5.41) is 9.92. The van der Waals surface area contributed by atoms with Crippen molar-refractivity contribution in [2.45, 2.75) is 33.8 Å². The molecule has 0 aromatic heterocycles. The normalized spacial score (nSPS) is 14.1.